The molecule has 0 aliphatic carbocycles. The molecule has 146 valence electrons. The van der Waals surface area contributed by atoms with Crippen LogP contribution in [0.2, 0.25) is 0 Å². The number of hydrogen-bond acceptors (Lipinski definition) is 4. The van der Waals surface area contributed by atoms with Crippen LogP contribution >= 0.6 is 15.9 Å². The molecule has 0 bridgehead atoms. The number of carbonyl (C=O) groups excluding carboxylic acids is 1. The van der Waals surface area contributed by atoms with Gasteiger partial charge in [-0.3, -0.25) is 9.69 Å². The molecule has 1 aromatic carbocycles. The molecule has 0 aromatic heterocycles. The normalized spacial score (nSPS) is 15.7. The fourth-order valence-corrected chi connectivity index (χ4v) is 3.54. The summed E-state index contributed by atoms with van der Waals surface area (Å²) in [6.45, 7) is 10.3. The smallest absolute Gasteiger partial charge is 0.222 e. The molecule has 0 atom stereocenters. The van der Waals surface area contributed by atoms with Crippen LogP contribution in [0.1, 0.15) is 26.7 Å². The van der Waals surface area contributed by atoms with E-state index in [0.717, 1.165) is 56.0 Å². The maximum Gasteiger partial charge on any atom is 0.222 e. The van der Waals surface area contributed by atoms with Crippen molar-refractivity contribution in [1.29, 1.82) is 0 Å². The lowest BCUT2D eigenvalue weighted by molar-refractivity contribution is -0.131. The van der Waals surface area contributed by atoms with Gasteiger partial charge in [0.05, 0.1) is 19.8 Å². The number of halogens is 1. The molecule has 1 aliphatic heterocycles. The van der Waals surface area contributed by atoms with Crippen molar-refractivity contribution in [3.8, 4) is 5.75 Å². The fourth-order valence-electron chi connectivity index (χ4n) is 3.28. The van der Waals surface area contributed by atoms with Crippen LogP contribution in [-0.4, -0.2) is 68.8 Å². The van der Waals surface area contributed by atoms with Crippen molar-refractivity contribution in [2.24, 2.45) is 5.41 Å². The van der Waals surface area contributed by atoms with Gasteiger partial charge in [-0.25, -0.2) is 0 Å². The Morgan fingerprint density at radius 1 is 1.27 bits per heavy atom. The zero-order valence-corrected chi connectivity index (χ0v) is 17.8. The van der Waals surface area contributed by atoms with E-state index in [1.165, 1.54) is 0 Å². The average molecular weight is 427 g/mol. The molecule has 1 amide bonds. The summed E-state index contributed by atoms with van der Waals surface area (Å²) in [6.07, 6.45) is 1.24. The molecule has 0 N–H and O–H groups in total. The largest absolute Gasteiger partial charge is 0.494 e. The van der Waals surface area contributed by atoms with Gasteiger partial charge < -0.3 is 14.4 Å². The van der Waals surface area contributed by atoms with Gasteiger partial charge in [0.1, 0.15) is 5.75 Å². The average Bonchev–Trinajstić information content (AvgIpc) is 2.60. The summed E-state index contributed by atoms with van der Waals surface area (Å²) < 4.78 is 12.1. The molecule has 2 rings (SSSR count). The molecule has 1 aliphatic rings. The maximum absolute atomic E-state index is 12.4. The highest BCUT2D eigenvalue weighted by Gasteiger charge is 2.26. The Hall–Kier alpha value is -1.11. The quantitative estimate of drug-likeness (QED) is 0.567. The predicted molar refractivity (Wildman–Crippen MR) is 108 cm³/mol. The minimum atomic E-state index is 0.0652. The molecule has 0 spiro atoms. The highest BCUT2D eigenvalue weighted by Crippen LogP contribution is 2.20. The summed E-state index contributed by atoms with van der Waals surface area (Å²) in [6, 6.07) is 7.74. The van der Waals surface area contributed by atoms with E-state index >= 15 is 0 Å². The second-order valence-electron chi connectivity index (χ2n) is 7.71. The zero-order chi connectivity index (χ0) is 19.0. The number of nitrogens with zero attached hydrogens (tertiary/aromatic N) is 2. The number of hydrogen-bond donors (Lipinski definition) is 0. The van der Waals surface area contributed by atoms with Gasteiger partial charge in [-0.2, -0.15) is 0 Å². The molecule has 0 saturated carbocycles. The van der Waals surface area contributed by atoms with E-state index in [9.17, 15) is 4.79 Å². The molecule has 0 radical (unpaired) electrons. The van der Waals surface area contributed by atoms with Crippen molar-refractivity contribution in [2.45, 2.75) is 26.7 Å². The first-order valence-corrected chi connectivity index (χ1v) is 10.1. The van der Waals surface area contributed by atoms with Gasteiger partial charge in [-0.05, 0) is 36.1 Å². The van der Waals surface area contributed by atoms with Gasteiger partial charge in [0, 0.05) is 44.1 Å². The van der Waals surface area contributed by atoms with Crippen molar-refractivity contribution < 1.29 is 14.3 Å². The van der Waals surface area contributed by atoms with Gasteiger partial charge in [0.15, 0.2) is 0 Å². The van der Waals surface area contributed by atoms with Crippen molar-refractivity contribution in [2.75, 3.05) is 53.0 Å². The summed E-state index contributed by atoms with van der Waals surface area (Å²) in [7, 11) is 1.90. The zero-order valence-electron chi connectivity index (χ0n) is 16.2. The standard InChI is InChI=1S/C20H31BrN2O3/c1-20(2,16-23-10-13-25-14-11-23)15-22(3)19(24)5-4-12-26-18-8-6-17(21)7-9-18/h6-9H,4-5,10-16H2,1-3H3. The van der Waals surface area contributed by atoms with Crippen LogP contribution in [0.4, 0.5) is 0 Å². The number of amides is 1. The summed E-state index contributed by atoms with van der Waals surface area (Å²) in [4.78, 5) is 16.7. The predicted octanol–water partition coefficient (Wildman–Crippen LogP) is 3.42. The van der Waals surface area contributed by atoms with Crippen molar-refractivity contribution in [3.63, 3.8) is 0 Å². The third-order valence-electron chi connectivity index (χ3n) is 4.46. The molecule has 6 heteroatoms. The van der Waals surface area contributed by atoms with E-state index in [2.05, 4.69) is 34.7 Å². The Balaban J connectivity index is 1.66. The van der Waals surface area contributed by atoms with Crippen molar-refractivity contribution >= 4 is 21.8 Å². The Kier molecular flexibility index (Phi) is 8.38. The molecule has 26 heavy (non-hydrogen) atoms. The first kappa shape index (κ1) is 21.2. The molecule has 0 unspecified atom stereocenters. The summed E-state index contributed by atoms with van der Waals surface area (Å²) in [5.41, 5.74) is 0.0652. The third kappa shape index (κ3) is 7.64. The summed E-state index contributed by atoms with van der Waals surface area (Å²) in [5, 5.41) is 0. The van der Waals surface area contributed by atoms with Crippen LogP contribution in [0.3, 0.4) is 0 Å². The molecule has 1 heterocycles. The molecule has 1 aromatic rings. The van der Waals surface area contributed by atoms with Crippen molar-refractivity contribution in [1.82, 2.24) is 9.80 Å². The number of ether oxygens (including phenoxy) is 2. The molecular formula is C20H31BrN2O3. The Bertz CT molecular complexity index is 557. The highest BCUT2D eigenvalue weighted by molar-refractivity contribution is 9.10. The maximum atomic E-state index is 12.4. The molecular weight excluding hydrogens is 396 g/mol. The Morgan fingerprint density at radius 3 is 2.58 bits per heavy atom. The number of morpholine rings is 1. The van der Waals surface area contributed by atoms with Crippen LogP contribution in [0.25, 0.3) is 0 Å². The van der Waals surface area contributed by atoms with Crippen LogP contribution in [0, 0.1) is 5.41 Å². The monoisotopic (exact) mass is 426 g/mol. The van der Waals surface area contributed by atoms with E-state index in [1.807, 2.05) is 36.2 Å². The number of benzene rings is 1. The SMILES string of the molecule is CN(CC(C)(C)CN1CCOCC1)C(=O)CCCOc1ccc(Br)cc1. The van der Waals surface area contributed by atoms with Crippen LogP contribution in [0.15, 0.2) is 28.7 Å². The van der Waals surface area contributed by atoms with Gasteiger partial charge in [-0.1, -0.05) is 29.8 Å². The summed E-state index contributed by atoms with van der Waals surface area (Å²) in [5.74, 6) is 1.01. The number of rotatable bonds is 9. The van der Waals surface area contributed by atoms with E-state index < -0.39 is 0 Å². The molecule has 5 nitrogen and oxygen atoms in total. The Labute approximate surface area is 165 Å². The lowest BCUT2D eigenvalue weighted by Gasteiger charge is -2.37. The first-order chi connectivity index (χ1) is 12.4. The minimum Gasteiger partial charge on any atom is -0.494 e. The first-order valence-electron chi connectivity index (χ1n) is 9.28. The van der Waals surface area contributed by atoms with Crippen LogP contribution < -0.4 is 4.74 Å². The lowest BCUT2D eigenvalue weighted by Crippen LogP contribution is -2.46. The van der Waals surface area contributed by atoms with Gasteiger partial charge >= 0.3 is 0 Å². The highest BCUT2D eigenvalue weighted by atomic mass is 79.9. The minimum absolute atomic E-state index is 0.0652. The van der Waals surface area contributed by atoms with E-state index in [-0.39, 0.29) is 11.3 Å². The van der Waals surface area contributed by atoms with E-state index in [4.69, 9.17) is 9.47 Å². The topological polar surface area (TPSA) is 42.0 Å². The fraction of sp³-hybridized carbons (Fsp3) is 0.650. The van der Waals surface area contributed by atoms with Gasteiger partial charge in [-0.15, -0.1) is 0 Å². The lowest BCUT2D eigenvalue weighted by atomic mass is 9.91. The van der Waals surface area contributed by atoms with Crippen LogP contribution in [0.5, 0.6) is 5.75 Å². The van der Waals surface area contributed by atoms with Gasteiger partial charge in [0.25, 0.3) is 0 Å². The molecule has 1 fully saturated rings. The second kappa shape index (κ2) is 10.3. The van der Waals surface area contributed by atoms with Crippen LogP contribution in [-0.2, 0) is 9.53 Å². The van der Waals surface area contributed by atoms with E-state index in [0.29, 0.717) is 13.0 Å². The number of carbonyl (C=O) groups is 1. The van der Waals surface area contributed by atoms with E-state index in [1.54, 1.807) is 0 Å². The van der Waals surface area contributed by atoms with Gasteiger partial charge in [0.2, 0.25) is 5.91 Å². The summed E-state index contributed by atoms with van der Waals surface area (Å²) >= 11 is 3.40. The third-order valence-corrected chi connectivity index (χ3v) is 4.99. The van der Waals surface area contributed by atoms with Crippen molar-refractivity contribution in [3.05, 3.63) is 28.7 Å². The molecule has 1 saturated heterocycles. The Morgan fingerprint density at radius 2 is 1.92 bits per heavy atom. The second-order valence-corrected chi connectivity index (χ2v) is 8.62.